The van der Waals surface area contributed by atoms with Crippen molar-refractivity contribution in [3.8, 4) is 22.9 Å². The number of nitrogens with zero attached hydrogens (tertiary/aromatic N) is 3. The van der Waals surface area contributed by atoms with Gasteiger partial charge in [-0.3, -0.25) is 0 Å². The lowest BCUT2D eigenvalue weighted by molar-refractivity contribution is 0.408. The van der Waals surface area contributed by atoms with Gasteiger partial charge in [0.2, 0.25) is 0 Å². The van der Waals surface area contributed by atoms with E-state index in [0.717, 1.165) is 0 Å². The summed E-state index contributed by atoms with van der Waals surface area (Å²) in [5, 5.41) is 9.88. The van der Waals surface area contributed by atoms with Gasteiger partial charge in [-0.15, -0.1) is 0 Å². The minimum atomic E-state index is 0.0920. The van der Waals surface area contributed by atoms with E-state index in [1.54, 1.807) is 33.1 Å². The van der Waals surface area contributed by atoms with E-state index in [-0.39, 0.29) is 5.75 Å². The Morgan fingerprint density at radius 1 is 1.06 bits per heavy atom. The fourth-order valence-electron chi connectivity index (χ4n) is 1.56. The first kappa shape index (κ1) is 11.3. The number of benzene rings is 1. The second kappa shape index (κ2) is 4.37. The second-order valence-corrected chi connectivity index (χ2v) is 3.64. The summed E-state index contributed by atoms with van der Waals surface area (Å²) in [4.78, 5) is 12.5. The number of aromatic hydroxyl groups is 1. The average Bonchev–Trinajstić information content (AvgIpc) is 2.27. The summed E-state index contributed by atoms with van der Waals surface area (Å²) in [6.45, 7) is 3.58. The smallest absolute Gasteiger partial charge is 0.167 e. The molecule has 0 aliphatic rings. The third kappa shape index (κ3) is 2.33. The van der Waals surface area contributed by atoms with Gasteiger partial charge in [0.25, 0.3) is 0 Å². The van der Waals surface area contributed by atoms with Crippen molar-refractivity contribution >= 4 is 0 Å². The molecule has 0 radical (unpaired) electrons. The first-order valence-electron chi connectivity index (χ1n) is 5.17. The highest BCUT2D eigenvalue weighted by Crippen LogP contribution is 2.30. The summed E-state index contributed by atoms with van der Waals surface area (Å²) in [6, 6.07) is 5.01. The Labute approximate surface area is 99.2 Å². The summed E-state index contributed by atoms with van der Waals surface area (Å²) in [5.74, 6) is 2.41. The van der Waals surface area contributed by atoms with Crippen molar-refractivity contribution < 1.29 is 9.84 Å². The number of phenolic OH excluding ortho intramolecular Hbond substituents is 1. The number of methoxy groups -OCH3 is 1. The van der Waals surface area contributed by atoms with Crippen LogP contribution >= 0.6 is 0 Å². The first-order chi connectivity index (χ1) is 8.10. The van der Waals surface area contributed by atoms with Gasteiger partial charge in [-0.05, 0) is 26.0 Å². The molecule has 2 aromatic rings. The second-order valence-electron chi connectivity index (χ2n) is 3.64. The highest BCUT2D eigenvalue weighted by molar-refractivity contribution is 5.65. The molecule has 0 amide bonds. The maximum absolute atomic E-state index is 9.88. The largest absolute Gasteiger partial charge is 0.507 e. The third-order valence-electron chi connectivity index (χ3n) is 2.30. The van der Waals surface area contributed by atoms with Crippen molar-refractivity contribution in [1.29, 1.82) is 0 Å². The standard InChI is InChI=1S/C12H13N3O2/c1-7-13-8(2)15-12(14-7)10-5-4-9(17-3)6-11(10)16/h4-6,16H,1-3H3. The third-order valence-corrected chi connectivity index (χ3v) is 2.30. The molecule has 0 aliphatic carbocycles. The highest BCUT2D eigenvalue weighted by Gasteiger charge is 2.10. The summed E-state index contributed by atoms with van der Waals surface area (Å²) in [5.41, 5.74) is 0.569. The van der Waals surface area contributed by atoms with Crippen LogP contribution in [0.1, 0.15) is 11.6 Å². The zero-order valence-corrected chi connectivity index (χ0v) is 9.93. The van der Waals surface area contributed by atoms with E-state index < -0.39 is 0 Å². The molecular formula is C12H13N3O2. The fraction of sp³-hybridized carbons (Fsp3) is 0.250. The van der Waals surface area contributed by atoms with Gasteiger partial charge in [0.1, 0.15) is 23.1 Å². The molecule has 0 atom stereocenters. The molecule has 0 spiro atoms. The number of ether oxygens (including phenoxy) is 1. The lowest BCUT2D eigenvalue weighted by atomic mass is 10.2. The summed E-state index contributed by atoms with van der Waals surface area (Å²) in [6.07, 6.45) is 0. The van der Waals surface area contributed by atoms with Crippen LogP contribution in [-0.4, -0.2) is 27.2 Å². The van der Waals surface area contributed by atoms with Crippen LogP contribution in [0.2, 0.25) is 0 Å². The van der Waals surface area contributed by atoms with Crippen molar-refractivity contribution in [1.82, 2.24) is 15.0 Å². The monoisotopic (exact) mass is 231 g/mol. The van der Waals surface area contributed by atoms with Crippen LogP contribution in [0.25, 0.3) is 11.4 Å². The zero-order valence-electron chi connectivity index (χ0n) is 9.93. The number of aryl methyl sites for hydroxylation is 2. The zero-order chi connectivity index (χ0) is 12.4. The van der Waals surface area contributed by atoms with Crippen molar-refractivity contribution in [2.75, 3.05) is 7.11 Å². The molecule has 0 saturated carbocycles. The van der Waals surface area contributed by atoms with E-state index >= 15 is 0 Å². The normalized spacial score (nSPS) is 10.3. The van der Waals surface area contributed by atoms with Crippen LogP contribution in [0.3, 0.4) is 0 Å². The summed E-state index contributed by atoms with van der Waals surface area (Å²) >= 11 is 0. The van der Waals surface area contributed by atoms with Crippen LogP contribution < -0.4 is 4.74 Å². The van der Waals surface area contributed by atoms with Gasteiger partial charge in [-0.25, -0.2) is 15.0 Å². The Morgan fingerprint density at radius 3 is 2.24 bits per heavy atom. The Hall–Kier alpha value is -2.17. The number of hydrogen-bond acceptors (Lipinski definition) is 5. The molecule has 0 fully saturated rings. The van der Waals surface area contributed by atoms with Crippen molar-refractivity contribution in [2.45, 2.75) is 13.8 Å². The first-order valence-corrected chi connectivity index (χ1v) is 5.17. The Kier molecular flexibility index (Phi) is 2.91. The predicted molar refractivity (Wildman–Crippen MR) is 63.0 cm³/mol. The Morgan fingerprint density at radius 2 is 1.71 bits per heavy atom. The van der Waals surface area contributed by atoms with Gasteiger partial charge < -0.3 is 9.84 Å². The Balaban J connectivity index is 2.52. The van der Waals surface area contributed by atoms with Gasteiger partial charge in [0, 0.05) is 6.07 Å². The molecule has 5 nitrogen and oxygen atoms in total. The van der Waals surface area contributed by atoms with E-state index in [4.69, 9.17) is 4.74 Å². The van der Waals surface area contributed by atoms with Gasteiger partial charge in [0.15, 0.2) is 5.82 Å². The van der Waals surface area contributed by atoms with E-state index in [0.29, 0.717) is 28.8 Å². The van der Waals surface area contributed by atoms with Crippen LogP contribution in [0.5, 0.6) is 11.5 Å². The molecule has 0 saturated heterocycles. The maximum atomic E-state index is 9.88. The molecule has 1 aromatic carbocycles. The van der Waals surface area contributed by atoms with Crippen LogP contribution in [0, 0.1) is 13.8 Å². The molecule has 88 valence electrons. The summed E-state index contributed by atoms with van der Waals surface area (Å²) in [7, 11) is 1.55. The molecule has 1 N–H and O–H groups in total. The highest BCUT2D eigenvalue weighted by atomic mass is 16.5. The lowest BCUT2D eigenvalue weighted by Crippen LogP contribution is -1.99. The number of hydrogen-bond donors (Lipinski definition) is 1. The van der Waals surface area contributed by atoms with E-state index in [9.17, 15) is 5.11 Å². The molecule has 0 bridgehead atoms. The SMILES string of the molecule is COc1ccc(-c2nc(C)nc(C)n2)c(O)c1. The van der Waals surface area contributed by atoms with Crippen LogP contribution in [-0.2, 0) is 0 Å². The number of phenols is 1. The van der Waals surface area contributed by atoms with Gasteiger partial charge in [-0.2, -0.15) is 0 Å². The molecule has 0 unspecified atom stereocenters. The van der Waals surface area contributed by atoms with Crippen molar-refractivity contribution in [3.05, 3.63) is 29.8 Å². The van der Waals surface area contributed by atoms with Crippen LogP contribution in [0.4, 0.5) is 0 Å². The predicted octanol–water partition coefficient (Wildman–Crippen LogP) is 1.87. The van der Waals surface area contributed by atoms with E-state index in [1.165, 1.54) is 6.07 Å². The fourth-order valence-corrected chi connectivity index (χ4v) is 1.56. The van der Waals surface area contributed by atoms with Gasteiger partial charge in [-0.1, -0.05) is 0 Å². The van der Waals surface area contributed by atoms with Crippen LogP contribution in [0.15, 0.2) is 18.2 Å². The van der Waals surface area contributed by atoms with Crippen molar-refractivity contribution in [2.24, 2.45) is 0 Å². The Bertz CT molecular complexity index is 535. The lowest BCUT2D eigenvalue weighted by Gasteiger charge is -2.06. The number of rotatable bonds is 2. The van der Waals surface area contributed by atoms with Gasteiger partial charge in [0.05, 0.1) is 12.7 Å². The quantitative estimate of drug-likeness (QED) is 0.854. The number of aromatic nitrogens is 3. The maximum Gasteiger partial charge on any atom is 0.167 e. The van der Waals surface area contributed by atoms with E-state index in [2.05, 4.69) is 15.0 Å². The molecule has 5 heteroatoms. The van der Waals surface area contributed by atoms with E-state index in [1.807, 2.05) is 0 Å². The summed E-state index contributed by atoms with van der Waals surface area (Å²) < 4.78 is 5.02. The minimum absolute atomic E-state index is 0.0920. The average molecular weight is 231 g/mol. The molecule has 1 aromatic heterocycles. The molecule has 0 aliphatic heterocycles. The minimum Gasteiger partial charge on any atom is -0.507 e. The molecule has 2 rings (SSSR count). The molecular weight excluding hydrogens is 218 g/mol. The van der Waals surface area contributed by atoms with Gasteiger partial charge >= 0.3 is 0 Å². The van der Waals surface area contributed by atoms with Crippen molar-refractivity contribution in [3.63, 3.8) is 0 Å². The molecule has 1 heterocycles. The molecule has 17 heavy (non-hydrogen) atoms. The topological polar surface area (TPSA) is 68.1 Å².